The lowest BCUT2D eigenvalue weighted by atomic mass is 10.2. The number of carbonyl (C=O) groups excluding carboxylic acids is 1. The molecule has 0 spiro atoms. The van der Waals surface area contributed by atoms with Crippen molar-refractivity contribution in [3.63, 3.8) is 0 Å². The van der Waals surface area contributed by atoms with Gasteiger partial charge in [0.15, 0.2) is 0 Å². The third kappa shape index (κ3) is 11.2. The highest BCUT2D eigenvalue weighted by atomic mass is 16.5. The number of carboxylic acids is 1. The lowest BCUT2D eigenvalue weighted by Gasteiger charge is -2.14. The van der Waals surface area contributed by atoms with Crippen molar-refractivity contribution >= 4 is 12.0 Å². The highest BCUT2D eigenvalue weighted by molar-refractivity contribution is 5.74. The van der Waals surface area contributed by atoms with Crippen molar-refractivity contribution < 1.29 is 24.2 Å². The Morgan fingerprint density at radius 3 is 2.68 bits per heavy atom. The zero-order valence-corrected chi connectivity index (χ0v) is 11.2. The van der Waals surface area contributed by atoms with Crippen molar-refractivity contribution in [2.24, 2.45) is 0 Å². The third-order valence-electron chi connectivity index (χ3n) is 2.22. The van der Waals surface area contributed by atoms with E-state index in [-0.39, 0.29) is 19.0 Å². The van der Waals surface area contributed by atoms with Gasteiger partial charge in [-0.15, -0.1) is 6.58 Å². The number of hydrogen-bond acceptors (Lipinski definition) is 4. The first kappa shape index (κ1) is 17.4. The molecule has 1 unspecified atom stereocenters. The summed E-state index contributed by atoms with van der Waals surface area (Å²) in [6.45, 7) is 5.10. The van der Waals surface area contributed by atoms with Crippen LogP contribution in [0.2, 0.25) is 0 Å². The normalized spacial score (nSPS) is 11.6. The molecule has 7 nitrogen and oxygen atoms in total. The molecule has 1 atom stereocenters. The molecular weight excluding hydrogens is 252 g/mol. The molecule has 0 aromatic heterocycles. The second-order valence-corrected chi connectivity index (χ2v) is 3.78. The van der Waals surface area contributed by atoms with Crippen LogP contribution in [-0.2, 0) is 14.3 Å². The Balaban J connectivity index is 3.57. The Labute approximate surface area is 113 Å². The maximum Gasteiger partial charge on any atom is 0.314 e. The number of nitrogens with one attached hydrogen (secondary N) is 2. The van der Waals surface area contributed by atoms with Gasteiger partial charge in [-0.1, -0.05) is 6.08 Å². The molecule has 0 saturated heterocycles. The molecule has 3 N–H and O–H groups in total. The van der Waals surface area contributed by atoms with Crippen molar-refractivity contribution in [2.45, 2.75) is 18.9 Å². The molecule has 0 saturated carbocycles. The zero-order chi connectivity index (χ0) is 14.5. The summed E-state index contributed by atoms with van der Waals surface area (Å²) in [5.41, 5.74) is 0. The summed E-state index contributed by atoms with van der Waals surface area (Å²) >= 11 is 0. The van der Waals surface area contributed by atoms with E-state index >= 15 is 0 Å². The molecule has 7 heteroatoms. The predicted octanol–water partition coefficient (Wildman–Crippen LogP) is 0.368. The number of hydrogen-bond donors (Lipinski definition) is 3. The summed E-state index contributed by atoms with van der Waals surface area (Å²) in [6.07, 6.45) is 1.85. The number of amides is 2. The van der Waals surface area contributed by atoms with E-state index in [4.69, 9.17) is 14.6 Å². The fourth-order valence-corrected chi connectivity index (χ4v) is 1.21. The molecule has 0 radical (unpaired) electrons. The van der Waals surface area contributed by atoms with E-state index in [0.717, 1.165) is 6.42 Å². The number of aliphatic carboxylic acids is 1. The SMILES string of the molecule is C=CCCOCCNC(=O)NCC(CC(=O)O)OC. The average Bonchev–Trinajstić information content (AvgIpc) is 2.38. The van der Waals surface area contributed by atoms with Crippen LogP contribution in [0.1, 0.15) is 12.8 Å². The second kappa shape index (κ2) is 11.5. The van der Waals surface area contributed by atoms with E-state index in [1.807, 2.05) is 0 Å². The zero-order valence-electron chi connectivity index (χ0n) is 11.2. The van der Waals surface area contributed by atoms with Crippen molar-refractivity contribution in [2.75, 3.05) is 33.4 Å². The molecule has 0 rings (SSSR count). The summed E-state index contributed by atoms with van der Waals surface area (Å²) in [5.74, 6) is -0.968. The first-order valence-electron chi connectivity index (χ1n) is 6.05. The number of ether oxygens (including phenoxy) is 2. The van der Waals surface area contributed by atoms with Crippen LogP contribution < -0.4 is 10.6 Å². The van der Waals surface area contributed by atoms with E-state index in [1.165, 1.54) is 7.11 Å². The molecule has 0 aromatic rings. The molecule has 0 bridgehead atoms. The van der Waals surface area contributed by atoms with Gasteiger partial charge in [-0.05, 0) is 6.42 Å². The first-order valence-corrected chi connectivity index (χ1v) is 6.05. The van der Waals surface area contributed by atoms with Gasteiger partial charge in [0.25, 0.3) is 0 Å². The molecule has 0 aliphatic rings. The minimum atomic E-state index is -0.968. The number of rotatable bonds is 11. The van der Waals surface area contributed by atoms with Crippen LogP contribution in [0.5, 0.6) is 0 Å². The second-order valence-electron chi connectivity index (χ2n) is 3.78. The van der Waals surface area contributed by atoms with Crippen molar-refractivity contribution in [3.8, 4) is 0 Å². The van der Waals surface area contributed by atoms with E-state index in [0.29, 0.717) is 19.8 Å². The lowest BCUT2D eigenvalue weighted by molar-refractivity contribution is -0.139. The topological polar surface area (TPSA) is 96.9 Å². The van der Waals surface area contributed by atoms with E-state index < -0.39 is 12.1 Å². The van der Waals surface area contributed by atoms with Gasteiger partial charge in [0.05, 0.1) is 25.7 Å². The summed E-state index contributed by atoms with van der Waals surface area (Å²) in [4.78, 5) is 21.8. The summed E-state index contributed by atoms with van der Waals surface area (Å²) < 4.78 is 10.1. The van der Waals surface area contributed by atoms with Crippen molar-refractivity contribution in [1.82, 2.24) is 10.6 Å². The highest BCUT2D eigenvalue weighted by Gasteiger charge is 2.13. The van der Waals surface area contributed by atoms with Crippen molar-refractivity contribution in [1.29, 1.82) is 0 Å². The molecule has 0 fully saturated rings. The largest absolute Gasteiger partial charge is 0.481 e. The number of methoxy groups -OCH3 is 1. The average molecular weight is 274 g/mol. The number of carbonyl (C=O) groups is 2. The van der Waals surface area contributed by atoms with Gasteiger partial charge < -0.3 is 25.2 Å². The van der Waals surface area contributed by atoms with Gasteiger partial charge in [-0.25, -0.2) is 4.79 Å². The number of urea groups is 1. The van der Waals surface area contributed by atoms with Gasteiger partial charge in [0.1, 0.15) is 0 Å². The Bertz CT molecular complexity index is 283. The maximum atomic E-state index is 11.3. The minimum absolute atomic E-state index is 0.145. The van der Waals surface area contributed by atoms with Crippen LogP contribution in [0.4, 0.5) is 4.79 Å². The Morgan fingerprint density at radius 2 is 2.11 bits per heavy atom. The first-order chi connectivity index (χ1) is 9.10. The van der Waals surface area contributed by atoms with Gasteiger partial charge in [0.2, 0.25) is 0 Å². The Hall–Kier alpha value is -1.60. The Kier molecular flexibility index (Phi) is 10.5. The van der Waals surface area contributed by atoms with Gasteiger partial charge in [0, 0.05) is 20.2 Å². The van der Waals surface area contributed by atoms with Gasteiger partial charge >= 0.3 is 12.0 Å². The van der Waals surface area contributed by atoms with E-state index in [2.05, 4.69) is 17.2 Å². The summed E-state index contributed by atoms with van der Waals surface area (Å²) in [6, 6.07) is -0.375. The summed E-state index contributed by atoms with van der Waals surface area (Å²) in [7, 11) is 1.40. The lowest BCUT2D eigenvalue weighted by Crippen LogP contribution is -2.41. The maximum absolute atomic E-state index is 11.3. The molecule has 2 amide bonds. The van der Waals surface area contributed by atoms with Crippen LogP contribution in [0.15, 0.2) is 12.7 Å². The molecule has 0 aliphatic carbocycles. The van der Waals surface area contributed by atoms with Gasteiger partial charge in [-0.2, -0.15) is 0 Å². The monoisotopic (exact) mass is 274 g/mol. The highest BCUT2D eigenvalue weighted by Crippen LogP contribution is 1.95. The predicted molar refractivity (Wildman–Crippen MR) is 70.1 cm³/mol. The molecule has 0 aromatic carbocycles. The van der Waals surface area contributed by atoms with Crippen LogP contribution in [0.25, 0.3) is 0 Å². The van der Waals surface area contributed by atoms with Crippen LogP contribution in [0.3, 0.4) is 0 Å². The molecule has 110 valence electrons. The van der Waals surface area contributed by atoms with Crippen molar-refractivity contribution in [3.05, 3.63) is 12.7 Å². The van der Waals surface area contributed by atoms with E-state index in [1.54, 1.807) is 6.08 Å². The van der Waals surface area contributed by atoms with Crippen LogP contribution in [-0.4, -0.2) is 56.6 Å². The molecule has 0 aliphatic heterocycles. The third-order valence-corrected chi connectivity index (χ3v) is 2.22. The van der Waals surface area contributed by atoms with Crippen LogP contribution >= 0.6 is 0 Å². The quantitative estimate of drug-likeness (QED) is 0.373. The fraction of sp³-hybridized carbons (Fsp3) is 0.667. The standard InChI is InChI=1S/C12H22N2O5/c1-3-4-6-19-7-5-13-12(17)14-9-10(18-2)8-11(15)16/h3,10H,1,4-9H2,2H3,(H,15,16)(H2,13,14,17). The summed E-state index contributed by atoms with van der Waals surface area (Å²) in [5, 5.41) is 13.7. The molecular formula is C12H22N2O5. The smallest absolute Gasteiger partial charge is 0.314 e. The van der Waals surface area contributed by atoms with E-state index in [9.17, 15) is 9.59 Å². The molecule has 19 heavy (non-hydrogen) atoms. The van der Waals surface area contributed by atoms with Gasteiger partial charge in [-0.3, -0.25) is 4.79 Å². The minimum Gasteiger partial charge on any atom is -0.481 e. The van der Waals surface area contributed by atoms with Crippen LogP contribution in [0, 0.1) is 0 Å². The molecule has 0 heterocycles. The number of carboxylic acid groups (broad SMARTS) is 1. The fourth-order valence-electron chi connectivity index (χ4n) is 1.21. The Morgan fingerprint density at radius 1 is 1.37 bits per heavy atom.